The monoisotopic (exact) mass is 513 g/mol. The van der Waals surface area contributed by atoms with E-state index in [9.17, 15) is 24.8 Å². The first kappa shape index (κ1) is 27.5. The summed E-state index contributed by atoms with van der Waals surface area (Å²) in [6.07, 6.45) is 0. The van der Waals surface area contributed by atoms with Gasteiger partial charge in [-0.15, -0.1) is 0 Å². The van der Waals surface area contributed by atoms with Gasteiger partial charge in [0, 0.05) is 30.8 Å². The van der Waals surface area contributed by atoms with Crippen molar-refractivity contribution >= 4 is 23.1 Å². The SMILES string of the molecule is CCN(CC)CCN1C(=O)C(=O)/C(=C(/O)c2cccc([N+](=O)[O-])c2)C1c1cc(OC)c(OC)c(OC)c1. The number of Topliss-reactive ketones (excluding diaryl/α,β-unsaturated/α-hetero) is 1. The Kier molecular flexibility index (Phi) is 8.72. The van der Waals surface area contributed by atoms with E-state index in [0.717, 1.165) is 19.2 Å². The number of non-ortho nitro benzene ring substituents is 1. The molecular formula is C26H31N3O8. The molecule has 1 atom stereocenters. The molecular weight excluding hydrogens is 482 g/mol. The number of ether oxygens (including phenoxy) is 3. The number of amides is 1. The lowest BCUT2D eigenvalue weighted by molar-refractivity contribution is -0.384. The van der Waals surface area contributed by atoms with Crippen molar-refractivity contribution in [3.63, 3.8) is 0 Å². The maximum absolute atomic E-state index is 13.3. The zero-order valence-electron chi connectivity index (χ0n) is 21.5. The minimum atomic E-state index is -0.997. The van der Waals surface area contributed by atoms with Gasteiger partial charge in [-0.25, -0.2) is 0 Å². The number of hydrogen-bond donors (Lipinski definition) is 1. The van der Waals surface area contributed by atoms with Crippen molar-refractivity contribution in [3.05, 3.63) is 63.2 Å². The average molecular weight is 514 g/mol. The van der Waals surface area contributed by atoms with Gasteiger partial charge < -0.3 is 29.1 Å². The number of hydrogen-bond acceptors (Lipinski definition) is 9. The molecule has 0 saturated carbocycles. The normalized spacial score (nSPS) is 16.8. The maximum atomic E-state index is 13.3. The van der Waals surface area contributed by atoms with Crippen LogP contribution in [-0.4, -0.2) is 79.0 Å². The third-order valence-corrected chi connectivity index (χ3v) is 6.42. The number of rotatable bonds is 11. The third kappa shape index (κ3) is 5.36. The number of nitro groups is 1. The lowest BCUT2D eigenvalue weighted by Gasteiger charge is -2.29. The van der Waals surface area contributed by atoms with Crippen LogP contribution < -0.4 is 14.2 Å². The van der Waals surface area contributed by atoms with E-state index in [1.54, 1.807) is 12.1 Å². The molecule has 1 aliphatic heterocycles. The fourth-order valence-corrected chi connectivity index (χ4v) is 4.43. The van der Waals surface area contributed by atoms with Crippen molar-refractivity contribution < 1.29 is 33.8 Å². The molecule has 0 aliphatic carbocycles. The topological polar surface area (TPSA) is 132 Å². The van der Waals surface area contributed by atoms with Crippen LogP contribution in [0.2, 0.25) is 0 Å². The minimum absolute atomic E-state index is 0.0494. The Bertz CT molecular complexity index is 1200. The number of benzene rings is 2. The van der Waals surface area contributed by atoms with Gasteiger partial charge in [0.05, 0.1) is 37.9 Å². The zero-order valence-corrected chi connectivity index (χ0v) is 21.5. The summed E-state index contributed by atoms with van der Waals surface area (Å²) in [5.41, 5.74) is 0.0529. The first-order chi connectivity index (χ1) is 17.7. The number of likely N-dealkylation sites (tertiary alicyclic amines) is 1. The molecule has 1 unspecified atom stereocenters. The van der Waals surface area contributed by atoms with Crippen molar-refractivity contribution in [3.8, 4) is 17.2 Å². The van der Waals surface area contributed by atoms with E-state index >= 15 is 0 Å². The van der Waals surface area contributed by atoms with Crippen LogP contribution in [0, 0.1) is 10.1 Å². The van der Waals surface area contributed by atoms with E-state index in [1.165, 1.54) is 44.4 Å². The lowest BCUT2D eigenvalue weighted by atomic mass is 9.94. The predicted octanol–water partition coefficient (Wildman–Crippen LogP) is 3.38. The van der Waals surface area contributed by atoms with E-state index in [-0.39, 0.29) is 23.4 Å². The Morgan fingerprint density at radius 1 is 1.05 bits per heavy atom. The number of nitrogens with zero attached hydrogens (tertiary/aromatic N) is 3. The van der Waals surface area contributed by atoms with Gasteiger partial charge in [-0.2, -0.15) is 0 Å². The van der Waals surface area contributed by atoms with Crippen molar-refractivity contribution in [1.82, 2.24) is 9.80 Å². The first-order valence-corrected chi connectivity index (χ1v) is 11.8. The number of aliphatic hydroxyl groups excluding tert-OH is 1. The van der Waals surface area contributed by atoms with Crippen molar-refractivity contribution in [2.45, 2.75) is 19.9 Å². The van der Waals surface area contributed by atoms with Gasteiger partial charge in [-0.05, 0) is 30.8 Å². The largest absolute Gasteiger partial charge is 0.507 e. The third-order valence-electron chi connectivity index (χ3n) is 6.42. The van der Waals surface area contributed by atoms with E-state index in [2.05, 4.69) is 4.90 Å². The summed E-state index contributed by atoms with van der Waals surface area (Å²) < 4.78 is 16.3. The molecule has 1 saturated heterocycles. The van der Waals surface area contributed by atoms with Gasteiger partial charge in [-0.1, -0.05) is 26.0 Å². The summed E-state index contributed by atoms with van der Waals surface area (Å²) in [6, 6.07) is 7.51. The van der Waals surface area contributed by atoms with Crippen LogP contribution in [0.25, 0.3) is 5.76 Å². The predicted molar refractivity (Wildman–Crippen MR) is 136 cm³/mol. The number of likely N-dealkylation sites (N-methyl/N-ethyl adjacent to an activating group) is 1. The number of nitro benzene ring substituents is 1. The summed E-state index contributed by atoms with van der Waals surface area (Å²) in [6.45, 7) is 6.20. The Labute approximate surface area is 215 Å². The molecule has 1 heterocycles. The van der Waals surface area contributed by atoms with Crippen LogP contribution in [0.4, 0.5) is 5.69 Å². The maximum Gasteiger partial charge on any atom is 0.295 e. The van der Waals surface area contributed by atoms with E-state index < -0.39 is 28.4 Å². The molecule has 11 nitrogen and oxygen atoms in total. The van der Waals surface area contributed by atoms with Gasteiger partial charge in [0.2, 0.25) is 5.75 Å². The minimum Gasteiger partial charge on any atom is -0.507 e. The fourth-order valence-electron chi connectivity index (χ4n) is 4.43. The quantitative estimate of drug-likeness (QED) is 0.158. The van der Waals surface area contributed by atoms with Crippen molar-refractivity contribution in [2.75, 3.05) is 47.5 Å². The summed E-state index contributed by atoms with van der Waals surface area (Å²) in [7, 11) is 4.35. The van der Waals surface area contributed by atoms with E-state index in [1.807, 2.05) is 13.8 Å². The van der Waals surface area contributed by atoms with Gasteiger partial charge in [-0.3, -0.25) is 19.7 Å². The van der Waals surface area contributed by atoms with Gasteiger partial charge in [0.15, 0.2) is 11.5 Å². The molecule has 1 fully saturated rings. The highest BCUT2D eigenvalue weighted by atomic mass is 16.6. The van der Waals surface area contributed by atoms with Gasteiger partial charge in [0.1, 0.15) is 5.76 Å². The molecule has 1 N–H and O–H groups in total. The highest BCUT2D eigenvalue weighted by Crippen LogP contribution is 2.45. The van der Waals surface area contributed by atoms with Crippen LogP contribution >= 0.6 is 0 Å². The molecule has 0 bridgehead atoms. The summed E-state index contributed by atoms with van der Waals surface area (Å²) in [5, 5.41) is 22.5. The number of aliphatic hydroxyl groups is 1. The molecule has 2 aromatic rings. The van der Waals surface area contributed by atoms with Gasteiger partial charge in [0.25, 0.3) is 17.4 Å². The molecule has 37 heavy (non-hydrogen) atoms. The van der Waals surface area contributed by atoms with Crippen LogP contribution in [0.5, 0.6) is 17.2 Å². The second kappa shape index (κ2) is 11.7. The van der Waals surface area contributed by atoms with E-state index in [4.69, 9.17) is 14.2 Å². The Balaban J connectivity index is 2.25. The van der Waals surface area contributed by atoms with E-state index in [0.29, 0.717) is 29.4 Å². The molecule has 11 heteroatoms. The highest BCUT2D eigenvalue weighted by Gasteiger charge is 2.46. The molecule has 1 aliphatic rings. The van der Waals surface area contributed by atoms with Gasteiger partial charge >= 0.3 is 0 Å². The number of carbonyl (C=O) groups is 2. The fraction of sp³-hybridized carbons (Fsp3) is 0.385. The molecule has 0 spiro atoms. The standard InChI is InChI=1S/C26H31N3O8/c1-6-27(7-2)11-12-28-22(17-14-19(35-3)25(37-5)20(15-17)36-4)21(24(31)26(28)32)23(30)16-9-8-10-18(13-16)29(33)34/h8-10,13-15,22,30H,6-7,11-12H2,1-5H3/b23-21+. The van der Waals surface area contributed by atoms with Crippen LogP contribution in [0.15, 0.2) is 42.0 Å². The number of ketones is 1. The molecule has 2 aromatic carbocycles. The Hall–Kier alpha value is -4.12. The van der Waals surface area contributed by atoms with Crippen molar-refractivity contribution in [1.29, 1.82) is 0 Å². The molecule has 1 amide bonds. The summed E-state index contributed by atoms with van der Waals surface area (Å²) >= 11 is 0. The average Bonchev–Trinajstić information content (AvgIpc) is 3.17. The second-order valence-electron chi connectivity index (χ2n) is 8.29. The summed E-state index contributed by atoms with van der Waals surface area (Å²) in [4.78, 5) is 40.7. The highest BCUT2D eigenvalue weighted by molar-refractivity contribution is 6.46. The Morgan fingerprint density at radius 2 is 1.68 bits per heavy atom. The second-order valence-corrected chi connectivity index (χ2v) is 8.29. The molecule has 0 radical (unpaired) electrons. The van der Waals surface area contributed by atoms with Crippen LogP contribution in [0.3, 0.4) is 0 Å². The zero-order chi connectivity index (χ0) is 27.3. The lowest BCUT2D eigenvalue weighted by Crippen LogP contribution is -2.38. The molecule has 3 rings (SSSR count). The van der Waals surface area contributed by atoms with Crippen LogP contribution in [0.1, 0.15) is 31.0 Å². The first-order valence-electron chi connectivity index (χ1n) is 11.8. The van der Waals surface area contributed by atoms with Crippen molar-refractivity contribution in [2.24, 2.45) is 0 Å². The smallest absolute Gasteiger partial charge is 0.295 e. The number of carbonyl (C=O) groups excluding carboxylic acids is 2. The summed E-state index contributed by atoms with van der Waals surface area (Å²) in [5.74, 6) is -1.23. The molecule has 0 aromatic heterocycles. The Morgan fingerprint density at radius 3 is 2.19 bits per heavy atom. The van der Waals surface area contributed by atoms with Crippen LogP contribution in [-0.2, 0) is 9.59 Å². The molecule has 198 valence electrons. The number of methoxy groups -OCH3 is 3.